The molecule has 0 bridgehead atoms. The number of aliphatic hydroxyl groups is 1. The highest BCUT2D eigenvalue weighted by Gasteiger charge is 2.14. The van der Waals surface area contributed by atoms with Crippen molar-refractivity contribution in [3.63, 3.8) is 0 Å². The van der Waals surface area contributed by atoms with Gasteiger partial charge in [0.2, 0.25) is 5.16 Å². The van der Waals surface area contributed by atoms with Gasteiger partial charge in [-0.1, -0.05) is 35.5 Å². The second kappa shape index (κ2) is 8.53. The number of aryl methyl sites for hydroxylation is 1. The fraction of sp³-hybridized carbons (Fsp3) is 0.278. The van der Waals surface area contributed by atoms with Crippen molar-refractivity contribution in [3.8, 4) is 11.4 Å². The molecule has 6 nitrogen and oxygen atoms in total. The molecule has 0 amide bonds. The zero-order chi connectivity index (χ0) is 18.5. The monoisotopic (exact) mass is 390 g/mol. The first-order chi connectivity index (χ1) is 12.5. The number of benzene rings is 2. The molecule has 0 radical (unpaired) electrons. The highest BCUT2D eigenvalue weighted by Crippen LogP contribution is 2.23. The van der Waals surface area contributed by atoms with Gasteiger partial charge >= 0.3 is 0 Å². The lowest BCUT2D eigenvalue weighted by atomic mass is 10.1. The fourth-order valence-corrected chi connectivity index (χ4v) is 3.24. The van der Waals surface area contributed by atoms with Gasteiger partial charge in [0.15, 0.2) is 0 Å². The summed E-state index contributed by atoms with van der Waals surface area (Å²) in [4.78, 5) is 0. The Balaban J connectivity index is 1.59. The van der Waals surface area contributed by atoms with Crippen molar-refractivity contribution in [2.45, 2.75) is 25.1 Å². The van der Waals surface area contributed by atoms with Crippen molar-refractivity contribution >= 4 is 23.4 Å². The number of aromatic nitrogens is 4. The van der Waals surface area contributed by atoms with E-state index in [1.54, 1.807) is 28.9 Å². The Bertz CT molecular complexity index is 870. The molecule has 26 heavy (non-hydrogen) atoms. The lowest BCUT2D eigenvalue weighted by Crippen LogP contribution is -2.20. The number of aliphatic hydroxyl groups excluding tert-OH is 1. The number of hydrogen-bond donors (Lipinski definition) is 1. The summed E-state index contributed by atoms with van der Waals surface area (Å²) in [6.07, 6.45) is -0.653. The van der Waals surface area contributed by atoms with Gasteiger partial charge in [-0.2, -0.15) is 4.68 Å². The number of halogens is 1. The molecule has 8 heteroatoms. The van der Waals surface area contributed by atoms with Crippen LogP contribution >= 0.6 is 23.4 Å². The molecule has 0 fully saturated rings. The van der Waals surface area contributed by atoms with Gasteiger partial charge in [0, 0.05) is 10.8 Å². The van der Waals surface area contributed by atoms with Crippen molar-refractivity contribution in [3.05, 3.63) is 58.6 Å². The Morgan fingerprint density at radius 3 is 2.73 bits per heavy atom. The Hall–Kier alpha value is -2.09. The first kappa shape index (κ1) is 18.7. The average molecular weight is 391 g/mol. The molecule has 1 N–H and O–H groups in total. The normalized spacial score (nSPS) is 12.2. The zero-order valence-corrected chi connectivity index (χ0v) is 16.0. The van der Waals surface area contributed by atoms with Crippen LogP contribution in [0.15, 0.2) is 47.6 Å². The number of rotatable bonds is 7. The molecule has 1 atom stereocenters. The Kier molecular flexibility index (Phi) is 6.13. The number of ether oxygens (including phenoxy) is 1. The second-order valence-electron chi connectivity index (χ2n) is 5.82. The maximum Gasteiger partial charge on any atom is 0.214 e. The summed E-state index contributed by atoms with van der Waals surface area (Å²) in [7, 11) is 0. The van der Waals surface area contributed by atoms with E-state index in [9.17, 15) is 5.11 Å². The molecule has 136 valence electrons. The van der Waals surface area contributed by atoms with Crippen LogP contribution in [0.5, 0.6) is 5.75 Å². The standard InChI is InChI=1S/C18H19ClN4O2S/c1-12-4-3-5-17(13(12)2)23-18(20-21-22-23)26-11-15(24)10-25-16-8-6-14(19)7-9-16/h3-9,15,24H,10-11H2,1-2H3. The minimum absolute atomic E-state index is 0.180. The van der Waals surface area contributed by atoms with E-state index in [1.807, 2.05) is 32.0 Å². The molecule has 1 heterocycles. The molecule has 1 aromatic heterocycles. The SMILES string of the molecule is Cc1cccc(-n2nnnc2SCC(O)COc2ccc(Cl)cc2)c1C. The smallest absolute Gasteiger partial charge is 0.214 e. The van der Waals surface area contributed by atoms with Crippen LogP contribution in [0.25, 0.3) is 5.69 Å². The van der Waals surface area contributed by atoms with Crippen molar-refractivity contribution in [2.24, 2.45) is 0 Å². The molecular weight excluding hydrogens is 372 g/mol. The highest BCUT2D eigenvalue weighted by molar-refractivity contribution is 7.99. The zero-order valence-electron chi connectivity index (χ0n) is 14.5. The summed E-state index contributed by atoms with van der Waals surface area (Å²) in [6, 6.07) is 13.0. The van der Waals surface area contributed by atoms with Crippen LogP contribution < -0.4 is 4.74 Å². The average Bonchev–Trinajstić information content (AvgIpc) is 3.10. The van der Waals surface area contributed by atoms with Crippen molar-refractivity contribution in [2.75, 3.05) is 12.4 Å². The Morgan fingerprint density at radius 2 is 1.96 bits per heavy atom. The minimum atomic E-state index is -0.653. The van der Waals surface area contributed by atoms with Crippen LogP contribution in [-0.2, 0) is 0 Å². The van der Waals surface area contributed by atoms with Gasteiger partial charge < -0.3 is 9.84 Å². The molecule has 0 saturated carbocycles. The van der Waals surface area contributed by atoms with E-state index in [0.717, 1.165) is 11.3 Å². The van der Waals surface area contributed by atoms with Crippen molar-refractivity contribution in [1.82, 2.24) is 20.2 Å². The quantitative estimate of drug-likeness (QED) is 0.623. The number of thioether (sulfide) groups is 1. The van der Waals surface area contributed by atoms with Crippen molar-refractivity contribution in [1.29, 1.82) is 0 Å². The van der Waals surface area contributed by atoms with E-state index in [-0.39, 0.29) is 6.61 Å². The van der Waals surface area contributed by atoms with E-state index >= 15 is 0 Å². The number of nitrogens with zero attached hydrogens (tertiary/aromatic N) is 4. The van der Waals surface area contributed by atoms with Crippen molar-refractivity contribution < 1.29 is 9.84 Å². The van der Waals surface area contributed by atoms with E-state index < -0.39 is 6.10 Å². The summed E-state index contributed by atoms with van der Waals surface area (Å²) in [5.41, 5.74) is 3.23. The summed E-state index contributed by atoms with van der Waals surface area (Å²) >= 11 is 7.22. The molecule has 0 spiro atoms. The first-order valence-corrected chi connectivity index (χ1v) is 9.45. The molecule has 0 aliphatic heterocycles. The third-order valence-corrected chi connectivity index (χ3v) is 5.22. The lowest BCUT2D eigenvalue weighted by molar-refractivity contribution is 0.126. The molecule has 2 aromatic carbocycles. The third-order valence-electron chi connectivity index (χ3n) is 3.91. The molecule has 3 aromatic rings. The summed E-state index contributed by atoms with van der Waals surface area (Å²) in [6.45, 7) is 4.27. The van der Waals surface area contributed by atoms with Crippen LogP contribution in [0, 0.1) is 13.8 Å². The van der Waals surface area contributed by atoms with Gasteiger partial charge in [0.1, 0.15) is 12.4 Å². The maximum absolute atomic E-state index is 10.2. The third kappa shape index (κ3) is 4.55. The topological polar surface area (TPSA) is 73.1 Å². The Labute approximate surface area is 161 Å². The van der Waals surface area contributed by atoms with Gasteiger partial charge in [0.25, 0.3) is 0 Å². The molecular formula is C18H19ClN4O2S. The molecule has 0 saturated heterocycles. The highest BCUT2D eigenvalue weighted by atomic mass is 35.5. The largest absolute Gasteiger partial charge is 0.491 e. The van der Waals surface area contributed by atoms with E-state index in [4.69, 9.17) is 16.3 Å². The fourth-order valence-electron chi connectivity index (χ4n) is 2.33. The number of hydrogen-bond acceptors (Lipinski definition) is 6. The van der Waals surface area contributed by atoms with Crippen LogP contribution in [0.4, 0.5) is 0 Å². The van der Waals surface area contributed by atoms with E-state index in [0.29, 0.717) is 21.7 Å². The first-order valence-electron chi connectivity index (χ1n) is 8.09. The summed E-state index contributed by atoms with van der Waals surface area (Å²) < 4.78 is 7.26. The predicted molar refractivity (Wildman–Crippen MR) is 102 cm³/mol. The summed E-state index contributed by atoms with van der Waals surface area (Å²) in [5, 5.41) is 23.4. The van der Waals surface area contributed by atoms with Gasteiger partial charge in [-0.3, -0.25) is 0 Å². The Morgan fingerprint density at radius 1 is 1.19 bits per heavy atom. The molecule has 0 aliphatic carbocycles. The molecule has 1 unspecified atom stereocenters. The van der Waals surface area contributed by atoms with Crippen LogP contribution in [-0.4, -0.2) is 43.8 Å². The molecule has 0 aliphatic rings. The van der Waals surface area contributed by atoms with Crippen LogP contribution in [0.1, 0.15) is 11.1 Å². The van der Waals surface area contributed by atoms with Gasteiger partial charge in [-0.15, -0.1) is 5.10 Å². The van der Waals surface area contributed by atoms with Gasteiger partial charge in [-0.05, 0) is 65.7 Å². The van der Waals surface area contributed by atoms with E-state index in [2.05, 4.69) is 15.5 Å². The lowest BCUT2D eigenvalue weighted by Gasteiger charge is -2.13. The van der Waals surface area contributed by atoms with Crippen LogP contribution in [0.3, 0.4) is 0 Å². The van der Waals surface area contributed by atoms with Gasteiger partial charge in [0.05, 0.1) is 11.8 Å². The molecule has 3 rings (SSSR count). The minimum Gasteiger partial charge on any atom is -0.491 e. The van der Waals surface area contributed by atoms with Crippen LogP contribution in [0.2, 0.25) is 5.02 Å². The second-order valence-corrected chi connectivity index (χ2v) is 7.25. The predicted octanol–water partition coefficient (Wildman–Crippen LogP) is 3.46. The maximum atomic E-state index is 10.2. The number of tetrazole rings is 1. The van der Waals surface area contributed by atoms with Gasteiger partial charge in [-0.25, -0.2) is 0 Å². The van der Waals surface area contributed by atoms with E-state index in [1.165, 1.54) is 17.3 Å². The summed E-state index contributed by atoms with van der Waals surface area (Å²) in [5.74, 6) is 1.08.